The molecular formula is C119H120N18O9. The van der Waals surface area contributed by atoms with Gasteiger partial charge in [-0.1, -0.05) is 109 Å². The van der Waals surface area contributed by atoms with Crippen LogP contribution in [0, 0.1) is 5.92 Å². The van der Waals surface area contributed by atoms with Crippen molar-refractivity contribution in [3.8, 4) is 103 Å². The number of hydrogen-bond donors (Lipinski definition) is 18. The van der Waals surface area contributed by atoms with Crippen molar-refractivity contribution in [3.63, 3.8) is 0 Å². The lowest BCUT2D eigenvalue weighted by Crippen LogP contribution is -2.25. The van der Waals surface area contributed by atoms with Crippen molar-refractivity contribution in [2.75, 3.05) is 106 Å². The number of ether oxygens (including phenoxy) is 9. The Morgan fingerprint density at radius 1 is 0.171 bits per heavy atom. The molecule has 27 heteroatoms. The maximum Gasteiger partial charge on any atom is 0.150 e. The summed E-state index contributed by atoms with van der Waals surface area (Å²) in [7, 11) is 0. The molecule has 0 amide bonds. The van der Waals surface area contributed by atoms with Crippen LogP contribution in [0.4, 0.5) is 85.3 Å². The van der Waals surface area contributed by atoms with Crippen molar-refractivity contribution >= 4 is 85.3 Å². The summed E-state index contributed by atoms with van der Waals surface area (Å²) in [6.45, 7) is 4.43. The first kappa shape index (κ1) is 101. The molecular weight excluding hydrogens is 1830 g/mol. The van der Waals surface area contributed by atoms with E-state index in [1.165, 1.54) is 0 Å². The van der Waals surface area contributed by atoms with Crippen molar-refractivity contribution in [2.24, 2.45) is 23.1 Å². The number of nitrogens with two attached hydrogens (primary N) is 18. The van der Waals surface area contributed by atoms with E-state index in [4.69, 9.17) is 146 Å². The van der Waals surface area contributed by atoms with Crippen LogP contribution in [-0.2, 0) is 5.41 Å². The largest absolute Gasteiger partial charge is 0.457 e. The SMILES string of the molecule is CC(c1ccc(Oc2ccc(N)cc2N)cc1)(c1ccc(Oc2ccc(N)cc2N)cc1)c1ccc(Oc2ccc(N)cc2N)cc1.NCCC(CCN)CCN.Nc1ccc(Oc2ccc(C(c3ccc(Oc4ccc(N)cc4)cc3)c3ccc(Oc4ccc(N)cc4)cc3)cc2)cc1.Nc1ccc(Oc2ccc(C(c3ccc(Oc4ccc(N)cc4N)cc3)c3ccc(Oc4ccc(N)cc4N)cc3)cc2)c(N)c1. The Kier molecular flexibility index (Phi) is 33.2. The van der Waals surface area contributed by atoms with Crippen molar-refractivity contribution in [1.29, 1.82) is 0 Å². The van der Waals surface area contributed by atoms with Crippen LogP contribution in [0.2, 0.25) is 0 Å². The maximum absolute atomic E-state index is 6.12. The second kappa shape index (κ2) is 47.8. The molecule has 0 aliphatic heterocycles. The molecule has 0 fully saturated rings. The van der Waals surface area contributed by atoms with E-state index in [0.29, 0.717) is 160 Å². The van der Waals surface area contributed by atoms with Crippen LogP contribution in [0.5, 0.6) is 103 Å². The average Bonchev–Trinajstić information content (AvgIpc) is 0.757. The summed E-state index contributed by atoms with van der Waals surface area (Å²) in [6, 6.07) is 125. The summed E-state index contributed by atoms with van der Waals surface area (Å²) >= 11 is 0. The summed E-state index contributed by atoms with van der Waals surface area (Å²) < 4.78 is 54.4. The molecule has 0 saturated carbocycles. The van der Waals surface area contributed by atoms with E-state index >= 15 is 0 Å². The third-order valence-corrected chi connectivity index (χ3v) is 24.2. The van der Waals surface area contributed by atoms with E-state index < -0.39 is 5.41 Å². The molecule has 0 heterocycles. The van der Waals surface area contributed by atoms with Crippen molar-refractivity contribution in [2.45, 2.75) is 43.4 Å². The summed E-state index contributed by atoms with van der Waals surface area (Å²) in [6.07, 6.45) is 3.19. The topological polar surface area (TPSA) is 551 Å². The Labute approximate surface area is 849 Å². The summed E-state index contributed by atoms with van der Waals surface area (Å²) in [5, 5.41) is 0. The molecule has 0 unspecified atom stereocenters. The van der Waals surface area contributed by atoms with E-state index in [1.54, 1.807) is 109 Å². The smallest absolute Gasteiger partial charge is 0.150 e. The van der Waals surface area contributed by atoms with Crippen LogP contribution >= 0.6 is 0 Å². The molecule has 0 aliphatic carbocycles. The van der Waals surface area contributed by atoms with Gasteiger partial charge >= 0.3 is 0 Å². The van der Waals surface area contributed by atoms with E-state index in [1.807, 2.05) is 255 Å². The fraction of sp³-hybridized carbons (Fsp3) is 0.0924. The Bertz CT molecular complexity index is 6640. The second-order valence-electron chi connectivity index (χ2n) is 35.0. The van der Waals surface area contributed by atoms with Crippen LogP contribution in [0.25, 0.3) is 0 Å². The number of hydrogen-bond acceptors (Lipinski definition) is 27. The zero-order valence-corrected chi connectivity index (χ0v) is 80.6. The lowest BCUT2D eigenvalue weighted by Gasteiger charge is -2.32. The van der Waals surface area contributed by atoms with Gasteiger partial charge in [-0.25, -0.2) is 0 Å². The summed E-state index contributed by atoms with van der Waals surface area (Å²) in [5.41, 5.74) is 123. The van der Waals surface area contributed by atoms with Gasteiger partial charge in [0.25, 0.3) is 0 Å². The summed E-state index contributed by atoms with van der Waals surface area (Å²) in [5.74, 6) is 12.0. The first-order valence-corrected chi connectivity index (χ1v) is 47.2. The first-order chi connectivity index (χ1) is 70.6. The molecule has 0 aromatic heterocycles. The van der Waals surface area contributed by atoms with Gasteiger partial charge in [-0.05, 0) is 393 Å². The minimum atomic E-state index is -0.587. The molecule has 0 bridgehead atoms. The van der Waals surface area contributed by atoms with Gasteiger partial charge in [0.05, 0.1) is 34.1 Å². The molecule has 740 valence electrons. The molecule has 146 heavy (non-hydrogen) atoms. The fourth-order valence-electron chi connectivity index (χ4n) is 16.5. The van der Waals surface area contributed by atoms with Crippen LogP contribution in [-0.4, -0.2) is 19.6 Å². The van der Waals surface area contributed by atoms with Gasteiger partial charge < -0.3 is 146 Å². The average molecular weight is 1950 g/mol. The van der Waals surface area contributed by atoms with E-state index in [9.17, 15) is 0 Å². The highest BCUT2D eigenvalue weighted by atomic mass is 16.5. The van der Waals surface area contributed by atoms with Crippen molar-refractivity contribution < 1.29 is 42.6 Å². The van der Waals surface area contributed by atoms with Crippen molar-refractivity contribution in [1.82, 2.24) is 0 Å². The second-order valence-corrected chi connectivity index (χ2v) is 35.0. The first-order valence-electron chi connectivity index (χ1n) is 47.2. The highest BCUT2D eigenvalue weighted by Gasteiger charge is 2.33. The van der Waals surface area contributed by atoms with Crippen molar-refractivity contribution in [3.05, 3.63) is 450 Å². The van der Waals surface area contributed by atoms with Crippen LogP contribution in [0.15, 0.2) is 400 Å². The Balaban J connectivity index is 0.000000157. The summed E-state index contributed by atoms with van der Waals surface area (Å²) in [4.78, 5) is 0. The Hall–Kier alpha value is -19.0. The normalized spacial score (nSPS) is 11.0. The third-order valence-electron chi connectivity index (χ3n) is 24.2. The molecule has 18 aromatic carbocycles. The van der Waals surface area contributed by atoms with Gasteiger partial charge in [-0.2, -0.15) is 0 Å². The lowest BCUT2D eigenvalue weighted by molar-refractivity contribution is 0.437. The molecule has 0 radical (unpaired) electrons. The third kappa shape index (κ3) is 27.2. The van der Waals surface area contributed by atoms with Gasteiger partial charge in [0.2, 0.25) is 0 Å². The monoisotopic (exact) mass is 1940 g/mol. The predicted octanol–water partition coefficient (Wildman–Crippen LogP) is 24.3. The van der Waals surface area contributed by atoms with Gasteiger partial charge in [-0.15, -0.1) is 0 Å². The van der Waals surface area contributed by atoms with Gasteiger partial charge in [-0.3, -0.25) is 0 Å². The lowest BCUT2D eigenvalue weighted by atomic mass is 9.71. The maximum atomic E-state index is 6.12. The number of rotatable bonds is 33. The molecule has 0 aliphatic rings. The highest BCUT2D eigenvalue weighted by Crippen LogP contribution is 2.46. The van der Waals surface area contributed by atoms with Crippen LogP contribution in [0.1, 0.15) is 88.1 Å². The predicted molar refractivity (Wildman–Crippen MR) is 595 cm³/mol. The molecule has 18 aromatic rings. The quantitative estimate of drug-likeness (QED) is 0.0134. The number of nitrogen functional groups attached to an aromatic ring is 15. The van der Waals surface area contributed by atoms with Gasteiger partial charge in [0.1, 0.15) is 103 Å². The van der Waals surface area contributed by atoms with E-state index in [2.05, 4.69) is 43.3 Å². The Morgan fingerprint density at radius 2 is 0.308 bits per heavy atom. The molecule has 0 atom stereocenters. The molecule has 27 nitrogen and oxygen atoms in total. The highest BCUT2D eigenvalue weighted by molar-refractivity contribution is 5.69. The molecule has 0 saturated heterocycles. The molecule has 36 N–H and O–H groups in total. The number of anilines is 15. The van der Waals surface area contributed by atoms with Crippen LogP contribution < -0.4 is 146 Å². The van der Waals surface area contributed by atoms with Crippen LogP contribution in [0.3, 0.4) is 0 Å². The Morgan fingerprint density at radius 3 is 0.459 bits per heavy atom. The number of benzene rings is 18. The minimum Gasteiger partial charge on any atom is -0.457 e. The fourth-order valence-corrected chi connectivity index (χ4v) is 16.5. The zero-order chi connectivity index (χ0) is 103. The van der Waals surface area contributed by atoms with Gasteiger partial charge in [0, 0.05) is 68.4 Å². The molecule has 0 spiro atoms. The van der Waals surface area contributed by atoms with E-state index in [0.717, 1.165) is 123 Å². The minimum absolute atomic E-state index is 0.0401. The standard InChI is InChI=1S/C38H36N6O3.C37H34N6O3.C37H31N3O3.C7H19N3/c1-38(23-2-11-29(12-3-23)45-35-17-8-26(39)20-32(35)42,24-4-13-30(14-5-24)46-36-18-9-27(40)21-33(36)43)25-6-15-31(16-7-25)47-37-19-10-28(41)22-34(37)44;38-25-7-16-34(31(41)19-25)44-28-10-1-22(2-11-28)37(23-3-12-29(13-4-23)45-35-17-8-26(39)20-32(35)42)24-5-14-30(15-6-24)46-36-18-9-27(40)21-33(36)43;38-28-7-19-34(20-8-28)41-31-13-1-25(2-14-31)37(26-3-15-32(16-4-26)42-35-21-9-29(39)10-22-35)27-5-17-33(18-6-27)43-36-23-11-30(40)12-24-36;8-4-1-7(2-5-9)3-6-10/h2-22H,39-44H2,1H3;1-21,37H,38-43H2;1-24,37H,38-40H2;7H,1-6,8-10H2. The van der Waals surface area contributed by atoms with E-state index in [-0.39, 0.29) is 11.8 Å². The van der Waals surface area contributed by atoms with Gasteiger partial charge in [0.15, 0.2) is 0 Å². The molecule has 18 rings (SSSR count). The zero-order valence-electron chi connectivity index (χ0n) is 80.6.